The van der Waals surface area contributed by atoms with E-state index in [0.29, 0.717) is 24.7 Å². The second-order valence-corrected chi connectivity index (χ2v) is 5.85. The van der Waals surface area contributed by atoms with E-state index in [9.17, 15) is 4.79 Å². The number of carbonyl (C=O) groups is 1. The highest BCUT2D eigenvalue weighted by Gasteiger charge is 2.19. The number of amides is 1. The number of oxazole rings is 1. The predicted octanol–water partition coefficient (Wildman–Crippen LogP) is 1.73. The topological polar surface area (TPSA) is 61.6 Å². The summed E-state index contributed by atoms with van der Waals surface area (Å²) in [5, 5.41) is 2.81. The molecule has 2 rings (SSSR count). The fourth-order valence-corrected chi connectivity index (χ4v) is 2.56. The molecular formula is C16H28N4O2. The first-order valence-corrected chi connectivity index (χ1v) is 8.40. The second kappa shape index (κ2) is 8.90. The average molecular weight is 308 g/mol. The van der Waals surface area contributed by atoms with Gasteiger partial charge in [0.2, 0.25) is 5.89 Å². The first kappa shape index (κ1) is 17.0. The number of hydrogen-bond acceptors (Lipinski definition) is 5. The van der Waals surface area contributed by atoms with Crippen molar-refractivity contribution in [1.82, 2.24) is 20.1 Å². The molecule has 0 atom stereocenters. The summed E-state index contributed by atoms with van der Waals surface area (Å²) in [6, 6.07) is 0. The summed E-state index contributed by atoms with van der Waals surface area (Å²) in [7, 11) is 0. The number of rotatable bonds is 8. The molecule has 0 aromatic carbocycles. The maximum Gasteiger partial charge on any atom is 0.273 e. The predicted molar refractivity (Wildman–Crippen MR) is 85.8 cm³/mol. The zero-order valence-corrected chi connectivity index (χ0v) is 13.8. The van der Waals surface area contributed by atoms with E-state index in [1.807, 2.05) is 6.92 Å². The maximum absolute atomic E-state index is 11.8. The molecule has 1 N–H and O–H groups in total. The molecule has 124 valence electrons. The van der Waals surface area contributed by atoms with Gasteiger partial charge in [-0.25, -0.2) is 4.98 Å². The van der Waals surface area contributed by atoms with Gasteiger partial charge in [0.25, 0.3) is 5.91 Å². The molecule has 1 aromatic heterocycles. The number of carbonyl (C=O) groups excluding carboxylic acids is 1. The summed E-state index contributed by atoms with van der Waals surface area (Å²) >= 11 is 0. The van der Waals surface area contributed by atoms with Crippen LogP contribution in [0.25, 0.3) is 0 Å². The van der Waals surface area contributed by atoms with Crippen LogP contribution in [0.1, 0.15) is 49.5 Å². The molecule has 6 nitrogen and oxygen atoms in total. The van der Waals surface area contributed by atoms with E-state index in [4.69, 9.17) is 4.42 Å². The van der Waals surface area contributed by atoms with Crippen molar-refractivity contribution in [2.75, 3.05) is 39.3 Å². The van der Waals surface area contributed by atoms with E-state index in [-0.39, 0.29) is 5.91 Å². The van der Waals surface area contributed by atoms with E-state index < -0.39 is 0 Å². The lowest BCUT2D eigenvalue weighted by atomic mass is 10.2. The smallest absolute Gasteiger partial charge is 0.273 e. The SMILES string of the molecule is CCCCN1CCN(Cc2nc(C(=O)NCCC)co2)CC1. The molecule has 0 unspecified atom stereocenters. The Morgan fingerprint density at radius 2 is 1.95 bits per heavy atom. The Balaban J connectivity index is 1.75. The normalized spacial score (nSPS) is 16.8. The summed E-state index contributed by atoms with van der Waals surface area (Å²) in [5.41, 5.74) is 0.380. The lowest BCUT2D eigenvalue weighted by Crippen LogP contribution is -2.46. The lowest BCUT2D eigenvalue weighted by molar-refractivity contribution is 0.0948. The number of aromatic nitrogens is 1. The van der Waals surface area contributed by atoms with Crippen LogP contribution in [0.2, 0.25) is 0 Å². The maximum atomic E-state index is 11.8. The van der Waals surface area contributed by atoms with Crippen LogP contribution in [0, 0.1) is 0 Å². The van der Waals surface area contributed by atoms with Gasteiger partial charge < -0.3 is 14.6 Å². The third-order valence-electron chi connectivity index (χ3n) is 3.97. The van der Waals surface area contributed by atoms with Crippen molar-refractivity contribution >= 4 is 5.91 Å². The summed E-state index contributed by atoms with van der Waals surface area (Å²) in [4.78, 5) is 20.9. The molecule has 1 amide bonds. The molecule has 1 aromatic rings. The molecule has 1 aliphatic rings. The Labute approximate surface area is 132 Å². The zero-order chi connectivity index (χ0) is 15.8. The van der Waals surface area contributed by atoms with Gasteiger partial charge in [-0.1, -0.05) is 20.3 Å². The third-order valence-corrected chi connectivity index (χ3v) is 3.97. The number of nitrogens with one attached hydrogen (secondary N) is 1. The van der Waals surface area contributed by atoms with E-state index in [1.54, 1.807) is 0 Å². The Morgan fingerprint density at radius 1 is 1.23 bits per heavy atom. The van der Waals surface area contributed by atoms with Crippen molar-refractivity contribution in [2.24, 2.45) is 0 Å². The van der Waals surface area contributed by atoms with Gasteiger partial charge >= 0.3 is 0 Å². The van der Waals surface area contributed by atoms with Gasteiger partial charge in [-0.05, 0) is 19.4 Å². The van der Waals surface area contributed by atoms with E-state index >= 15 is 0 Å². The first-order valence-electron chi connectivity index (χ1n) is 8.40. The molecule has 0 spiro atoms. The van der Waals surface area contributed by atoms with Gasteiger partial charge in [-0.3, -0.25) is 9.69 Å². The van der Waals surface area contributed by atoms with Gasteiger partial charge in [0.1, 0.15) is 6.26 Å². The molecule has 22 heavy (non-hydrogen) atoms. The summed E-state index contributed by atoms with van der Waals surface area (Å²) in [5.74, 6) is 0.477. The quantitative estimate of drug-likeness (QED) is 0.792. The van der Waals surface area contributed by atoms with Crippen molar-refractivity contribution in [3.63, 3.8) is 0 Å². The number of hydrogen-bond donors (Lipinski definition) is 1. The molecule has 0 bridgehead atoms. The Kier molecular flexibility index (Phi) is 6.86. The highest BCUT2D eigenvalue weighted by molar-refractivity contribution is 5.91. The first-order chi connectivity index (χ1) is 10.7. The van der Waals surface area contributed by atoms with Crippen LogP contribution in [-0.2, 0) is 6.54 Å². The van der Waals surface area contributed by atoms with Crippen LogP contribution in [0.3, 0.4) is 0 Å². The van der Waals surface area contributed by atoms with Crippen LogP contribution in [0.4, 0.5) is 0 Å². The van der Waals surface area contributed by atoms with E-state index in [1.165, 1.54) is 25.6 Å². The fraction of sp³-hybridized carbons (Fsp3) is 0.750. The molecule has 6 heteroatoms. The van der Waals surface area contributed by atoms with Gasteiger partial charge in [0, 0.05) is 32.7 Å². The second-order valence-electron chi connectivity index (χ2n) is 5.85. The molecule has 2 heterocycles. The molecule has 0 saturated carbocycles. The van der Waals surface area contributed by atoms with Crippen LogP contribution in [0.5, 0.6) is 0 Å². The Morgan fingerprint density at radius 3 is 2.64 bits per heavy atom. The standard InChI is InChI=1S/C16H28N4O2/c1-3-5-7-19-8-10-20(11-9-19)12-15-18-14(13-22-15)16(21)17-6-4-2/h13H,3-12H2,1-2H3,(H,17,21). The van der Waals surface area contributed by atoms with Crippen molar-refractivity contribution in [3.8, 4) is 0 Å². The summed E-state index contributed by atoms with van der Waals surface area (Å²) in [6.07, 6.45) is 4.89. The number of piperazine rings is 1. The molecule has 0 aliphatic carbocycles. The molecule has 1 fully saturated rings. The minimum absolute atomic E-state index is 0.152. The van der Waals surface area contributed by atoms with Gasteiger partial charge in [-0.2, -0.15) is 0 Å². The summed E-state index contributed by atoms with van der Waals surface area (Å²) in [6.45, 7) is 11.1. The number of nitrogens with zero attached hydrogens (tertiary/aromatic N) is 3. The lowest BCUT2D eigenvalue weighted by Gasteiger charge is -2.33. The van der Waals surface area contributed by atoms with Gasteiger partial charge in [0.05, 0.1) is 6.54 Å². The highest BCUT2D eigenvalue weighted by Crippen LogP contribution is 2.09. The largest absolute Gasteiger partial charge is 0.447 e. The van der Waals surface area contributed by atoms with Crippen molar-refractivity contribution in [2.45, 2.75) is 39.7 Å². The molecule has 1 aliphatic heterocycles. The van der Waals surface area contributed by atoms with Crippen LogP contribution >= 0.6 is 0 Å². The van der Waals surface area contributed by atoms with Crippen LogP contribution in [-0.4, -0.2) is 60.0 Å². The average Bonchev–Trinajstić information content (AvgIpc) is 3.00. The minimum atomic E-state index is -0.152. The molecule has 1 saturated heterocycles. The summed E-state index contributed by atoms with van der Waals surface area (Å²) < 4.78 is 5.43. The van der Waals surface area contributed by atoms with Gasteiger partial charge in [-0.15, -0.1) is 0 Å². The van der Waals surface area contributed by atoms with Crippen molar-refractivity contribution in [1.29, 1.82) is 0 Å². The van der Waals surface area contributed by atoms with Crippen LogP contribution in [0.15, 0.2) is 10.7 Å². The third kappa shape index (κ3) is 5.10. The van der Waals surface area contributed by atoms with Crippen LogP contribution < -0.4 is 5.32 Å². The minimum Gasteiger partial charge on any atom is -0.447 e. The highest BCUT2D eigenvalue weighted by atomic mass is 16.3. The zero-order valence-electron chi connectivity index (χ0n) is 13.8. The van der Waals surface area contributed by atoms with Gasteiger partial charge in [0.15, 0.2) is 5.69 Å². The monoisotopic (exact) mass is 308 g/mol. The number of unbranched alkanes of at least 4 members (excludes halogenated alkanes) is 1. The molecular weight excluding hydrogens is 280 g/mol. The van der Waals surface area contributed by atoms with E-state index in [0.717, 1.165) is 32.6 Å². The Bertz CT molecular complexity index is 453. The fourth-order valence-electron chi connectivity index (χ4n) is 2.56. The Hall–Kier alpha value is -1.40. The van der Waals surface area contributed by atoms with E-state index in [2.05, 4.69) is 27.0 Å². The van der Waals surface area contributed by atoms with Crippen molar-refractivity contribution < 1.29 is 9.21 Å². The van der Waals surface area contributed by atoms with Crippen molar-refractivity contribution in [3.05, 3.63) is 17.8 Å². The molecule has 0 radical (unpaired) electrons.